The smallest absolute Gasteiger partial charge is 0.248 e. The molecule has 27 heavy (non-hydrogen) atoms. The van der Waals surface area contributed by atoms with Crippen LogP contribution in [0.25, 0.3) is 10.2 Å². The maximum atomic E-state index is 12.4. The van der Waals surface area contributed by atoms with E-state index in [9.17, 15) is 4.79 Å². The molecule has 0 bridgehead atoms. The van der Waals surface area contributed by atoms with Crippen molar-refractivity contribution >= 4 is 27.5 Å². The van der Waals surface area contributed by atoms with Crippen molar-refractivity contribution in [2.45, 2.75) is 25.9 Å². The van der Waals surface area contributed by atoms with E-state index in [0.29, 0.717) is 12.5 Å². The van der Waals surface area contributed by atoms with Gasteiger partial charge < -0.3 is 9.64 Å². The van der Waals surface area contributed by atoms with Crippen LogP contribution in [0.15, 0.2) is 54.6 Å². The summed E-state index contributed by atoms with van der Waals surface area (Å²) >= 11 is 1.62. The molecule has 140 valence electrons. The van der Waals surface area contributed by atoms with Crippen LogP contribution < -0.4 is 0 Å². The number of fused-ring (bicyclic) bond motifs is 1. The van der Waals surface area contributed by atoms with Crippen LogP contribution in [0.3, 0.4) is 0 Å². The first kappa shape index (κ1) is 18.1. The summed E-state index contributed by atoms with van der Waals surface area (Å²) in [5, 5.41) is 0.922. The number of carbonyl (C=O) groups excluding carboxylic acids is 1. The first-order chi connectivity index (χ1) is 13.3. The number of rotatable bonds is 6. The second-order valence-electron chi connectivity index (χ2n) is 7.08. The van der Waals surface area contributed by atoms with Crippen molar-refractivity contribution in [3.05, 3.63) is 65.2 Å². The molecule has 0 spiro atoms. The minimum absolute atomic E-state index is 0.0919. The van der Waals surface area contributed by atoms with Crippen molar-refractivity contribution in [2.24, 2.45) is 5.92 Å². The summed E-state index contributed by atoms with van der Waals surface area (Å²) in [6.07, 6.45) is 3.24. The van der Waals surface area contributed by atoms with Gasteiger partial charge in [-0.25, -0.2) is 4.98 Å². The van der Waals surface area contributed by atoms with Gasteiger partial charge in [-0.3, -0.25) is 4.79 Å². The van der Waals surface area contributed by atoms with Gasteiger partial charge in [-0.2, -0.15) is 0 Å². The fourth-order valence-electron chi connectivity index (χ4n) is 3.63. The molecule has 3 aromatic rings. The van der Waals surface area contributed by atoms with E-state index in [4.69, 9.17) is 4.74 Å². The first-order valence-corrected chi connectivity index (χ1v) is 10.3. The predicted molar refractivity (Wildman–Crippen MR) is 109 cm³/mol. The number of hydrogen-bond acceptors (Lipinski definition) is 4. The van der Waals surface area contributed by atoms with E-state index in [1.165, 1.54) is 5.56 Å². The molecule has 1 aliphatic heterocycles. The van der Waals surface area contributed by atoms with Crippen LogP contribution in [0.4, 0.5) is 0 Å². The van der Waals surface area contributed by atoms with Gasteiger partial charge in [0.1, 0.15) is 11.6 Å². The Hall–Kier alpha value is -2.24. The summed E-state index contributed by atoms with van der Waals surface area (Å²) in [6.45, 7) is 2.20. The van der Waals surface area contributed by atoms with Crippen LogP contribution in [0, 0.1) is 5.92 Å². The van der Waals surface area contributed by atoms with Crippen LogP contribution >= 0.6 is 11.3 Å². The number of amides is 1. The average molecular weight is 381 g/mol. The summed E-state index contributed by atoms with van der Waals surface area (Å²) in [4.78, 5) is 18.9. The van der Waals surface area contributed by atoms with Crippen LogP contribution in [0.2, 0.25) is 0 Å². The second-order valence-corrected chi connectivity index (χ2v) is 8.20. The molecule has 0 atom stereocenters. The van der Waals surface area contributed by atoms with Gasteiger partial charge in [-0.15, -0.1) is 11.3 Å². The molecule has 1 fully saturated rings. The lowest BCUT2D eigenvalue weighted by atomic mass is 9.90. The number of piperidine rings is 1. The lowest BCUT2D eigenvalue weighted by Gasteiger charge is -2.32. The molecule has 1 saturated heterocycles. The highest BCUT2D eigenvalue weighted by molar-refractivity contribution is 7.18. The summed E-state index contributed by atoms with van der Waals surface area (Å²) in [7, 11) is 0. The molecular formula is C22H24N2O2S. The van der Waals surface area contributed by atoms with Crippen LogP contribution in [0.1, 0.15) is 23.4 Å². The van der Waals surface area contributed by atoms with Crippen molar-refractivity contribution < 1.29 is 9.53 Å². The van der Waals surface area contributed by atoms with E-state index in [-0.39, 0.29) is 12.5 Å². The quantitative estimate of drug-likeness (QED) is 0.640. The zero-order valence-electron chi connectivity index (χ0n) is 15.3. The van der Waals surface area contributed by atoms with Gasteiger partial charge >= 0.3 is 0 Å². The Morgan fingerprint density at radius 2 is 1.81 bits per heavy atom. The number of likely N-dealkylation sites (tertiary alicyclic amines) is 1. The predicted octanol–water partition coefficient (Wildman–Crippen LogP) is 4.29. The van der Waals surface area contributed by atoms with Gasteiger partial charge in [0.2, 0.25) is 5.91 Å². The molecule has 0 unspecified atom stereocenters. The Morgan fingerprint density at radius 3 is 2.59 bits per heavy atom. The number of nitrogens with zero attached hydrogens (tertiary/aromatic N) is 2. The minimum Gasteiger partial charge on any atom is -0.364 e. The highest BCUT2D eigenvalue weighted by Crippen LogP contribution is 2.23. The number of benzene rings is 2. The lowest BCUT2D eigenvalue weighted by molar-refractivity contribution is -0.137. The van der Waals surface area contributed by atoms with Gasteiger partial charge in [-0.05, 0) is 42.9 Å². The minimum atomic E-state index is 0.0919. The fourth-order valence-corrected chi connectivity index (χ4v) is 4.54. The zero-order valence-corrected chi connectivity index (χ0v) is 16.2. The second kappa shape index (κ2) is 8.63. The van der Waals surface area contributed by atoms with E-state index in [2.05, 4.69) is 41.4 Å². The number of aromatic nitrogens is 1. The van der Waals surface area contributed by atoms with E-state index in [1.54, 1.807) is 11.3 Å². The number of hydrogen-bond donors (Lipinski definition) is 0. The van der Waals surface area contributed by atoms with Crippen molar-refractivity contribution in [3.63, 3.8) is 0 Å². The Bertz CT molecular complexity index is 852. The Kier molecular flexibility index (Phi) is 5.80. The largest absolute Gasteiger partial charge is 0.364 e. The van der Waals surface area contributed by atoms with Crippen molar-refractivity contribution in [1.82, 2.24) is 9.88 Å². The van der Waals surface area contributed by atoms with E-state index in [0.717, 1.165) is 47.6 Å². The van der Waals surface area contributed by atoms with Crippen molar-refractivity contribution in [3.8, 4) is 0 Å². The third-order valence-electron chi connectivity index (χ3n) is 5.12. The third-order valence-corrected chi connectivity index (χ3v) is 6.13. The Morgan fingerprint density at radius 1 is 1.07 bits per heavy atom. The van der Waals surface area contributed by atoms with E-state index >= 15 is 0 Å². The van der Waals surface area contributed by atoms with E-state index < -0.39 is 0 Å². The molecule has 0 aliphatic carbocycles. The Labute approximate surface area is 163 Å². The maximum Gasteiger partial charge on any atom is 0.248 e. The standard InChI is InChI=1S/C22H24N2O2S/c25-22(16-26-15-21-23-19-8-4-5-9-20(19)27-21)24-12-10-18(11-13-24)14-17-6-2-1-3-7-17/h1-9,18H,10-16H2. The number of thiazole rings is 1. The molecule has 1 aromatic heterocycles. The molecule has 2 heterocycles. The Balaban J connectivity index is 1.20. The van der Waals surface area contributed by atoms with Gasteiger partial charge in [0.15, 0.2) is 0 Å². The summed E-state index contributed by atoms with van der Waals surface area (Å²) < 4.78 is 6.80. The summed E-state index contributed by atoms with van der Waals surface area (Å²) in [6, 6.07) is 18.7. The normalized spacial score (nSPS) is 15.3. The lowest BCUT2D eigenvalue weighted by Crippen LogP contribution is -2.40. The van der Waals surface area contributed by atoms with Gasteiger partial charge in [-0.1, -0.05) is 42.5 Å². The average Bonchev–Trinajstić information content (AvgIpc) is 3.12. The first-order valence-electron chi connectivity index (χ1n) is 9.52. The zero-order chi connectivity index (χ0) is 18.5. The topological polar surface area (TPSA) is 42.4 Å². The fraction of sp³-hybridized carbons (Fsp3) is 0.364. The number of carbonyl (C=O) groups is 1. The summed E-state index contributed by atoms with van der Waals surface area (Å²) in [5.74, 6) is 0.759. The van der Waals surface area contributed by atoms with E-state index in [1.807, 2.05) is 23.1 Å². The van der Waals surface area contributed by atoms with Crippen LogP contribution in [-0.2, 0) is 22.6 Å². The SMILES string of the molecule is O=C(COCc1nc2ccccc2s1)N1CCC(Cc2ccccc2)CC1. The molecular weight excluding hydrogens is 356 g/mol. The molecule has 4 nitrogen and oxygen atoms in total. The van der Waals surface area contributed by atoms with Crippen LogP contribution in [0.5, 0.6) is 0 Å². The molecule has 2 aromatic carbocycles. The molecule has 4 rings (SSSR count). The van der Waals surface area contributed by atoms with Crippen molar-refractivity contribution in [2.75, 3.05) is 19.7 Å². The number of ether oxygens (including phenoxy) is 1. The van der Waals surface area contributed by atoms with Crippen molar-refractivity contribution in [1.29, 1.82) is 0 Å². The third kappa shape index (κ3) is 4.73. The molecule has 5 heteroatoms. The highest BCUT2D eigenvalue weighted by atomic mass is 32.1. The molecule has 1 aliphatic rings. The highest BCUT2D eigenvalue weighted by Gasteiger charge is 2.23. The molecule has 0 radical (unpaired) electrons. The van der Waals surface area contributed by atoms with Crippen LogP contribution in [-0.4, -0.2) is 35.5 Å². The van der Waals surface area contributed by atoms with Gasteiger partial charge in [0.25, 0.3) is 0 Å². The van der Waals surface area contributed by atoms with Gasteiger partial charge in [0.05, 0.1) is 16.8 Å². The monoisotopic (exact) mass is 380 g/mol. The molecule has 0 N–H and O–H groups in total. The molecule has 0 saturated carbocycles. The maximum absolute atomic E-state index is 12.4. The summed E-state index contributed by atoms with van der Waals surface area (Å²) in [5.41, 5.74) is 2.38. The number of para-hydroxylation sites is 1. The molecule has 1 amide bonds. The van der Waals surface area contributed by atoms with Gasteiger partial charge in [0, 0.05) is 13.1 Å².